The Hall–Kier alpha value is -2.54. The van der Waals surface area contributed by atoms with Gasteiger partial charge < -0.3 is 9.13 Å². The van der Waals surface area contributed by atoms with Crippen LogP contribution < -0.4 is 0 Å². The van der Waals surface area contributed by atoms with E-state index in [0.717, 1.165) is 46.3 Å². The molecule has 4 aromatic heterocycles. The average molecular weight is 366 g/mol. The molecule has 0 saturated carbocycles. The first kappa shape index (κ1) is 16.9. The van der Waals surface area contributed by atoms with E-state index in [-0.39, 0.29) is 0 Å². The Morgan fingerprint density at radius 2 is 2.04 bits per heavy atom. The van der Waals surface area contributed by atoms with Crippen molar-refractivity contribution in [3.63, 3.8) is 0 Å². The fraction of sp³-hybridized carbons (Fsp3) is 0.368. The zero-order chi connectivity index (χ0) is 18.1. The normalized spacial score (nSPS) is 11.7. The van der Waals surface area contributed by atoms with Crippen molar-refractivity contribution in [2.75, 3.05) is 0 Å². The molecule has 0 aliphatic heterocycles. The first-order valence-electron chi connectivity index (χ1n) is 8.90. The summed E-state index contributed by atoms with van der Waals surface area (Å²) in [7, 11) is 0. The van der Waals surface area contributed by atoms with Gasteiger partial charge in [0.2, 0.25) is 0 Å². The smallest absolute Gasteiger partial charge is 0.169 e. The number of aryl methyl sites for hydroxylation is 1. The van der Waals surface area contributed by atoms with Crippen LogP contribution in [0.5, 0.6) is 0 Å². The van der Waals surface area contributed by atoms with Crippen LogP contribution in [0.15, 0.2) is 36.2 Å². The second-order valence-corrected chi connectivity index (χ2v) is 7.65. The molecule has 0 aliphatic carbocycles. The highest BCUT2D eigenvalue weighted by molar-refractivity contribution is 7.13. The Morgan fingerprint density at radius 3 is 2.77 bits per heavy atom. The van der Waals surface area contributed by atoms with Gasteiger partial charge in [-0.1, -0.05) is 13.8 Å². The number of aromatic nitrogens is 6. The zero-order valence-electron chi connectivity index (χ0n) is 15.3. The summed E-state index contributed by atoms with van der Waals surface area (Å²) in [6.45, 7) is 8.12. The molecule has 0 amide bonds. The standard InChI is InChI=1S/C19H22N6S/c1-4-25-16-10-14(9-13(2)3)22-11-15(16)23-17(25)12-24-7-5-20-18(24)19-21-6-8-26-19/h5-8,10-11,13H,4,9,12H2,1-3H3. The van der Waals surface area contributed by atoms with Crippen LogP contribution in [-0.2, 0) is 19.5 Å². The molecular formula is C19H22N6S. The molecule has 0 saturated heterocycles. The Kier molecular flexibility index (Phi) is 4.55. The van der Waals surface area contributed by atoms with E-state index in [9.17, 15) is 0 Å². The summed E-state index contributed by atoms with van der Waals surface area (Å²) >= 11 is 1.60. The molecule has 4 heterocycles. The fourth-order valence-corrected chi connectivity index (χ4v) is 3.89. The lowest BCUT2D eigenvalue weighted by atomic mass is 10.1. The van der Waals surface area contributed by atoms with Crippen LogP contribution in [-0.4, -0.2) is 29.1 Å². The number of imidazole rings is 2. The summed E-state index contributed by atoms with van der Waals surface area (Å²) in [5.41, 5.74) is 3.23. The zero-order valence-corrected chi connectivity index (χ0v) is 16.1. The van der Waals surface area contributed by atoms with Crippen molar-refractivity contribution < 1.29 is 0 Å². The number of hydrogen-bond donors (Lipinski definition) is 0. The first-order chi connectivity index (χ1) is 12.7. The van der Waals surface area contributed by atoms with E-state index in [1.165, 1.54) is 0 Å². The van der Waals surface area contributed by atoms with Gasteiger partial charge in [-0.2, -0.15) is 0 Å². The molecule has 6 nitrogen and oxygen atoms in total. The molecule has 4 aromatic rings. The van der Waals surface area contributed by atoms with E-state index in [1.807, 2.05) is 30.2 Å². The Morgan fingerprint density at radius 1 is 1.15 bits per heavy atom. The third kappa shape index (κ3) is 3.14. The molecule has 0 fully saturated rings. The van der Waals surface area contributed by atoms with Crippen molar-refractivity contribution in [2.45, 2.75) is 40.3 Å². The van der Waals surface area contributed by atoms with Gasteiger partial charge in [0.25, 0.3) is 0 Å². The molecule has 0 atom stereocenters. The summed E-state index contributed by atoms with van der Waals surface area (Å²) in [5, 5.41) is 2.90. The Labute approximate surface area is 156 Å². The van der Waals surface area contributed by atoms with Crippen molar-refractivity contribution in [2.24, 2.45) is 5.92 Å². The maximum absolute atomic E-state index is 4.84. The third-order valence-corrected chi connectivity index (χ3v) is 5.12. The topological polar surface area (TPSA) is 61.4 Å². The van der Waals surface area contributed by atoms with E-state index in [4.69, 9.17) is 4.98 Å². The first-order valence-corrected chi connectivity index (χ1v) is 9.78. The van der Waals surface area contributed by atoms with Crippen LogP contribution >= 0.6 is 11.3 Å². The Bertz CT molecular complexity index is 1010. The summed E-state index contributed by atoms with van der Waals surface area (Å²) in [6.07, 6.45) is 8.49. The lowest BCUT2D eigenvalue weighted by Gasteiger charge is -2.09. The van der Waals surface area contributed by atoms with Crippen LogP contribution in [0, 0.1) is 5.92 Å². The molecule has 0 aliphatic rings. The quantitative estimate of drug-likeness (QED) is 0.517. The van der Waals surface area contributed by atoms with Crippen LogP contribution in [0.1, 0.15) is 32.3 Å². The minimum Gasteiger partial charge on any atom is -0.327 e. The third-order valence-electron chi connectivity index (χ3n) is 4.35. The van der Waals surface area contributed by atoms with Crippen molar-refractivity contribution in [1.82, 2.24) is 29.1 Å². The van der Waals surface area contributed by atoms with Crippen LogP contribution in [0.4, 0.5) is 0 Å². The van der Waals surface area contributed by atoms with E-state index in [1.54, 1.807) is 11.3 Å². The van der Waals surface area contributed by atoms with Gasteiger partial charge in [-0.05, 0) is 25.3 Å². The van der Waals surface area contributed by atoms with Gasteiger partial charge in [-0.15, -0.1) is 11.3 Å². The summed E-state index contributed by atoms with van der Waals surface area (Å²) in [5.74, 6) is 2.49. The van der Waals surface area contributed by atoms with Gasteiger partial charge in [0, 0.05) is 36.2 Å². The molecule has 4 rings (SSSR count). The lowest BCUT2D eigenvalue weighted by Crippen LogP contribution is -2.08. The van der Waals surface area contributed by atoms with Gasteiger partial charge in [0.15, 0.2) is 10.8 Å². The average Bonchev–Trinajstić information content (AvgIpc) is 3.33. The predicted octanol–water partition coefficient (Wildman–Crippen LogP) is 4.02. The number of pyridine rings is 1. The number of nitrogens with zero attached hydrogens (tertiary/aromatic N) is 6. The van der Waals surface area contributed by atoms with Crippen LogP contribution in [0.25, 0.3) is 21.9 Å². The summed E-state index contributed by atoms with van der Waals surface area (Å²) < 4.78 is 4.38. The van der Waals surface area contributed by atoms with E-state index in [0.29, 0.717) is 12.5 Å². The molecule has 0 aromatic carbocycles. The maximum atomic E-state index is 4.84. The molecule has 0 radical (unpaired) electrons. The SMILES string of the molecule is CCn1c(Cn2ccnc2-c2nccs2)nc2cnc(CC(C)C)cc21. The number of fused-ring (bicyclic) bond motifs is 1. The van der Waals surface area contributed by atoms with Gasteiger partial charge >= 0.3 is 0 Å². The van der Waals surface area contributed by atoms with Crippen LogP contribution in [0.2, 0.25) is 0 Å². The van der Waals surface area contributed by atoms with E-state index < -0.39 is 0 Å². The predicted molar refractivity (Wildman–Crippen MR) is 104 cm³/mol. The van der Waals surface area contributed by atoms with Crippen molar-refractivity contribution in [3.8, 4) is 10.8 Å². The van der Waals surface area contributed by atoms with Gasteiger partial charge in [0.05, 0.1) is 18.3 Å². The minimum absolute atomic E-state index is 0.587. The minimum atomic E-state index is 0.587. The van der Waals surface area contributed by atoms with Crippen molar-refractivity contribution in [3.05, 3.63) is 47.8 Å². The van der Waals surface area contributed by atoms with Gasteiger partial charge in [0.1, 0.15) is 11.3 Å². The number of rotatable bonds is 6. The summed E-state index contributed by atoms with van der Waals surface area (Å²) in [4.78, 5) is 18.3. The van der Waals surface area contributed by atoms with Crippen molar-refractivity contribution >= 4 is 22.4 Å². The highest BCUT2D eigenvalue weighted by Crippen LogP contribution is 2.23. The molecule has 0 N–H and O–H groups in total. The highest BCUT2D eigenvalue weighted by Gasteiger charge is 2.15. The second-order valence-electron chi connectivity index (χ2n) is 6.75. The van der Waals surface area contributed by atoms with Gasteiger partial charge in [-0.3, -0.25) is 4.98 Å². The highest BCUT2D eigenvalue weighted by atomic mass is 32.1. The lowest BCUT2D eigenvalue weighted by molar-refractivity contribution is 0.635. The summed E-state index contributed by atoms with van der Waals surface area (Å²) in [6, 6.07) is 2.19. The molecule has 0 spiro atoms. The molecule has 7 heteroatoms. The van der Waals surface area contributed by atoms with Crippen molar-refractivity contribution in [1.29, 1.82) is 0 Å². The number of hydrogen-bond acceptors (Lipinski definition) is 5. The second kappa shape index (κ2) is 6.99. The molecule has 26 heavy (non-hydrogen) atoms. The van der Waals surface area contributed by atoms with E-state index in [2.05, 4.69) is 50.9 Å². The molecule has 0 bridgehead atoms. The molecule has 0 unspecified atom stereocenters. The Balaban J connectivity index is 1.72. The van der Waals surface area contributed by atoms with Crippen LogP contribution in [0.3, 0.4) is 0 Å². The maximum Gasteiger partial charge on any atom is 0.169 e. The number of thiazole rings is 1. The van der Waals surface area contributed by atoms with E-state index >= 15 is 0 Å². The largest absolute Gasteiger partial charge is 0.327 e. The molecule has 134 valence electrons. The van der Waals surface area contributed by atoms with Gasteiger partial charge in [-0.25, -0.2) is 15.0 Å². The monoisotopic (exact) mass is 366 g/mol. The molecular weight excluding hydrogens is 344 g/mol. The fourth-order valence-electron chi connectivity index (χ4n) is 3.24.